The quantitative estimate of drug-likeness (QED) is 0.848. The van der Waals surface area contributed by atoms with Crippen molar-refractivity contribution in [2.24, 2.45) is 7.05 Å². The van der Waals surface area contributed by atoms with Gasteiger partial charge in [0.15, 0.2) is 5.82 Å². The molecule has 140 valence electrons. The number of nitrogens with zero attached hydrogens (tertiary/aromatic N) is 3. The van der Waals surface area contributed by atoms with Gasteiger partial charge in [-0.1, -0.05) is 11.6 Å². The second-order valence-electron chi connectivity index (χ2n) is 6.09. The van der Waals surface area contributed by atoms with E-state index in [0.717, 1.165) is 38.1 Å². The Kier molecular flexibility index (Phi) is 5.19. The van der Waals surface area contributed by atoms with Gasteiger partial charge in [0.05, 0.1) is 10.6 Å². The average Bonchev–Trinajstić information content (AvgIpc) is 2.95. The Labute approximate surface area is 152 Å². The highest BCUT2D eigenvalue weighted by Crippen LogP contribution is 2.35. The summed E-state index contributed by atoms with van der Waals surface area (Å²) in [5.41, 5.74) is -1.21. The van der Waals surface area contributed by atoms with Gasteiger partial charge in [-0.25, -0.2) is 4.68 Å². The number of amides is 1. The maximum atomic E-state index is 12.9. The molecule has 0 saturated carbocycles. The minimum Gasteiger partial charge on any atom is -0.317 e. The SMILES string of the molecule is Cn1nc(C2CCNCC2)nc1NC(=O)c1ccc(Cl)c(C(F)(F)F)c1. The lowest BCUT2D eigenvalue weighted by molar-refractivity contribution is -0.137. The maximum Gasteiger partial charge on any atom is 0.417 e. The molecule has 0 bridgehead atoms. The summed E-state index contributed by atoms with van der Waals surface area (Å²) in [5, 5.41) is 9.61. The molecule has 6 nitrogen and oxygen atoms in total. The van der Waals surface area contributed by atoms with Crippen molar-refractivity contribution in [1.29, 1.82) is 0 Å². The standard InChI is InChI=1S/C16H17ClF3N5O/c1-25-15(22-13(24-25)9-4-6-21-7-5-9)23-14(26)10-2-3-12(17)11(8-10)16(18,19)20/h2-3,8-9,21H,4-7H2,1H3,(H,22,23,24,26). The molecular weight excluding hydrogens is 371 g/mol. The van der Waals surface area contributed by atoms with Gasteiger partial charge in [-0.2, -0.15) is 23.3 Å². The second-order valence-corrected chi connectivity index (χ2v) is 6.50. The molecule has 1 aliphatic rings. The molecule has 0 unspecified atom stereocenters. The van der Waals surface area contributed by atoms with Crippen molar-refractivity contribution < 1.29 is 18.0 Å². The molecule has 1 amide bonds. The number of rotatable bonds is 3. The topological polar surface area (TPSA) is 71.8 Å². The zero-order valence-corrected chi connectivity index (χ0v) is 14.7. The number of carbonyl (C=O) groups is 1. The Balaban J connectivity index is 1.79. The lowest BCUT2D eigenvalue weighted by atomic mass is 9.98. The van der Waals surface area contributed by atoms with Gasteiger partial charge in [-0.15, -0.1) is 0 Å². The van der Waals surface area contributed by atoms with Crippen LogP contribution in [0.4, 0.5) is 19.1 Å². The number of alkyl halides is 3. The van der Waals surface area contributed by atoms with Crippen LogP contribution in [0.3, 0.4) is 0 Å². The van der Waals surface area contributed by atoms with E-state index in [-0.39, 0.29) is 17.4 Å². The summed E-state index contributed by atoms with van der Waals surface area (Å²) in [4.78, 5) is 16.7. The minimum absolute atomic E-state index is 0.159. The number of hydrogen-bond acceptors (Lipinski definition) is 4. The van der Waals surface area contributed by atoms with Crippen LogP contribution in [0.1, 0.15) is 40.5 Å². The molecule has 0 aliphatic carbocycles. The molecule has 10 heteroatoms. The average molecular weight is 388 g/mol. The highest BCUT2D eigenvalue weighted by atomic mass is 35.5. The number of anilines is 1. The van der Waals surface area contributed by atoms with Gasteiger partial charge in [0, 0.05) is 18.5 Å². The summed E-state index contributed by atoms with van der Waals surface area (Å²) in [7, 11) is 1.62. The summed E-state index contributed by atoms with van der Waals surface area (Å²) in [6.45, 7) is 1.74. The summed E-state index contributed by atoms with van der Waals surface area (Å²) in [6.07, 6.45) is -2.85. The first-order valence-corrected chi connectivity index (χ1v) is 8.43. The van der Waals surface area contributed by atoms with Gasteiger partial charge in [0.1, 0.15) is 0 Å². The molecular formula is C16H17ClF3N5O. The van der Waals surface area contributed by atoms with E-state index in [1.54, 1.807) is 7.05 Å². The lowest BCUT2D eigenvalue weighted by Gasteiger charge is -2.19. The Hall–Kier alpha value is -2.13. The smallest absolute Gasteiger partial charge is 0.317 e. The van der Waals surface area contributed by atoms with Crippen LogP contribution in [0.5, 0.6) is 0 Å². The number of piperidine rings is 1. The number of hydrogen-bond donors (Lipinski definition) is 2. The molecule has 1 aromatic heterocycles. The summed E-state index contributed by atoms with van der Waals surface area (Å²) < 4.78 is 40.2. The van der Waals surface area contributed by atoms with Crippen LogP contribution in [0.15, 0.2) is 18.2 Å². The van der Waals surface area contributed by atoms with E-state index in [1.807, 2.05) is 0 Å². The molecule has 1 aliphatic heterocycles. The van der Waals surface area contributed by atoms with E-state index in [0.29, 0.717) is 5.82 Å². The van der Waals surface area contributed by atoms with E-state index in [9.17, 15) is 18.0 Å². The Morgan fingerprint density at radius 1 is 1.35 bits per heavy atom. The Morgan fingerprint density at radius 3 is 2.69 bits per heavy atom. The van der Waals surface area contributed by atoms with Gasteiger partial charge in [-0.3, -0.25) is 10.1 Å². The minimum atomic E-state index is -4.64. The monoisotopic (exact) mass is 387 g/mol. The van der Waals surface area contributed by atoms with Gasteiger partial charge in [0.25, 0.3) is 5.91 Å². The fraction of sp³-hybridized carbons (Fsp3) is 0.438. The van der Waals surface area contributed by atoms with Gasteiger partial charge in [-0.05, 0) is 44.1 Å². The predicted octanol–water partition coefficient (Wildman–Crippen LogP) is 3.21. The summed E-state index contributed by atoms with van der Waals surface area (Å²) in [5.74, 6) is 0.295. The number of aromatic nitrogens is 3. The molecule has 1 aromatic carbocycles. The number of halogens is 4. The summed E-state index contributed by atoms with van der Waals surface area (Å²) in [6, 6.07) is 3.01. The first kappa shape index (κ1) is 18.7. The van der Waals surface area contributed by atoms with Crippen LogP contribution in [-0.4, -0.2) is 33.8 Å². The van der Waals surface area contributed by atoms with Gasteiger partial charge >= 0.3 is 6.18 Å². The molecule has 1 fully saturated rings. The third-order valence-electron chi connectivity index (χ3n) is 4.24. The van der Waals surface area contributed by atoms with Crippen LogP contribution in [-0.2, 0) is 13.2 Å². The van der Waals surface area contributed by atoms with Crippen molar-refractivity contribution >= 4 is 23.5 Å². The lowest BCUT2D eigenvalue weighted by Crippen LogP contribution is -2.27. The molecule has 0 spiro atoms. The predicted molar refractivity (Wildman–Crippen MR) is 90.3 cm³/mol. The Bertz CT molecular complexity index is 815. The fourth-order valence-electron chi connectivity index (χ4n) is 2.82. The molecule has 2 aromatic rings. The van der Waals surface area contributed by atoms with Crippen LogP contribution in [0.2, 0.25) is 5.02 Å². The van der Waals surface area contributed by atoms with E-state index in [4.69, 9.17) is 11.6 Å². The van der Waals surface area contributed by atoms with Crippen molar-refractivity contribution in [1.82, 2.24) is 20.1 Å². The van der Waals surface area contributed by atoms with Crippen LogP contribution >= 0.6 is 11.6 Å². The molecule has 3 rings (SSSR count). The van der Waals surface area contributed by atoms with Crippen molar-refractivity contribution in [2.45, 2.75) is 24.9 Å². The third-order valence-corrected chi connectivity index (χ3v) is 4.57. The van der Waals surface area contributed by atoms with E-state index in [2.05, 4.69) is 20.7 Å². The zero-order valence-electron chi connectivity index (χ0n) is 13.9. The van der Waals surface area contributed by atoms with Crippen LogP contribution < -0.4 is 10.6 Å². The first-order valence-electron chi connectivity index (χ1n) is 8.05. The first-order chi connectivity index (χ1) is 12.3. The highest BCUT2D eigenvalue weighted by molar-refractivity contribution is 6.31. The van der Waals surface area contributed by atoms with E-state index in [1.165, 1.54) is 10.7 Å². The Morgan fingerprint density at radius 2 is 2.04 bits per heavy atom. The number of nitrogens with one attached hydrogen (secondary N) is 2. The maximum absolute atomic E-state index is 12.9. The van der Waals surface area contributed by atoms with E-state index >= 15 is 0 Å². The molecule has 0 radical (unpaired) electrons. The van der Waals surface area contributed by atoms with Crippen molar-refractivity contribution in [3.8, 4) is 0 Å². The van der Waals surface area contributed by atoms with Crippen molar-refractivity contribution in [3.05, 3.63) is 40.2 Å². The van der Waals surface area contributed by atoms with Gasteiger partial charge < -0.3 is 5.32 Å². The molecule has 2 N–H and O–H groups in total. The summed E-state index contributed by atoms with van der Waals surface area (Å²) >= 11 is 5.58. The van der Waals surface area contributed by atoms with E-state index < -0.39 is 22.7 Å². The third kappa shape index (κ3) is 3.99. The number of carbonyl (C=O) groups excluding carboxylic acids is 1. The second kappa shape index (κ2) is 7.24. The van der Waals surface area contributed by atoms with Crippen LogP contribution in [0, 0.1) is 0 Å². The molecule has 1 saturated heterocycles. The molecule has 2 heterocycles. The zero-order chi connectivity index (χ0) is 18.9. The van der Waals surface area contributed by atoms with Crippen LogP contribution in [0.25, 0.3) is 0 Å². The fourth-order valence-corrected chi connectivity index (χ4v) is 3.05. The van der Waals surface area contributed by atoms with Gasteiger partial charge in [0.2, 0.25) is 5.95 Å². The normalized spacial score (nSPS) is 15.9. The highest BCUT2D eigenvalue weighted by Gasteiger charge is 2.34. The largest absolute Gasteiger partial charge is 0.417 e. The molecule has 0 atom stereocenters. The number of aryl methyl sites for hydroxylation is 1. The number of benzene rings is 1. The molecule has 26 heavy (non-hydrogen) atoms. The van der Waals surface area contributed by atoms with Crippen molar-refractivity contribution in [3.63, 3.8) is 0 Å². The van der Waals surface area contributed by atoms with Crippen molar-refractivity contribution in [2.75, 3.05) is 18.4 Å².